The number of rotatable bonds is 3. The van der Waals surface area contributed by atoms with Gasteiger partial charge < -0.3 is 5.73 Å². The number of aryl methyl sites for hydroxylation is 1. The third-order valence-electron chi connectivity index (χ3n) is 2.27. The Hall–Kier alpha value is -1.68. The van der Waals surface area contributed by atoms with E-state index in [4.69, 9.17) is 5.73 Å². The molecule has 0 bridgehead atoms. The van der Waals surface area contributed by atoms with Gasteiger partial charge in [-0.2, -0.15) is 5.10 Å². The van der Waals surface area contributed by atoms with Crippen molar-refractivity contribution in [1.29, 1.82) is 0 Å². The van der Waals surface area contributed by atoms with Gasteiger partial charge in [-0.1, -0.05) is 18.2 Å². The molecular formula is C11H14N4. The molecule has 0 spiro atoms. The molecule has 0 aliphatic heterocycles. The highest BCUT2D eigenvalue weighted by atomic mass is 15.3. The summed E-state index contributed by atoms with van der Waals surface area (Å²) in [7, 11) is 0. The van der Waals surface area contributed by atoms with Gasteiger partial charge in [-0.05, 0) is 25.1 Å². The maximum absolute atomic E-state index is 5.45. The second kappa shape index (κ2) is 4.23. The second-order valence-electron chi connectivity index (χ2n) is 3.43. The maximum Gasteiger partial charge on any atom is 0.152 e. The van der Waals surface area contributed by atoms with Crippen LogP contribution in [0.25, 0.3) is 5.69 Å². The third kappa shape index (κ3) is 2.05. The molecule has 2 N–H and O–H groups in total. The molecule has 1 aromatic heterocycles. The highest BCUT2D eigenvalue weighted by Crippen LogP contribution is 2.11. The van der Waals surface area contributed by atoms with Gasteiger partial charge >= 0.3 is 0 Å². The Kier molecular flexibility index (Phi) is 2.78. The summed E-state index contributed by atoms with van der Waals surface area (Å²) in [6.07, 6.45) is 2.45. The van der Waals surface area contributed by atoms with Gasteiger partial charge in [0.05, 0.1) is 5.69 Å². The summed E-state index contributed by atoms with van der Waals surface area (Å²) >= 11 is 0. The maximum atomic E-state index is 5.45. The standard InChI is InChI=1S/C11H14N4/c1-9-4-2-3-5-10(9)15-8-13-11(14-15)6-7-12/h2-5,8H,6-7,12H2,1H3. The van der Waals surface area contributed by atoms with E-state index in [2.05, 4.69) is 23.1 Å². The lowest BCUT2D eigenvalue weighted by Crippen LogP contribution is -2.05. The van der Waals surface area contributed by atoms with Gasteiger partial charge in [0.2, 0.25) is 0 Å². The summed E-state index contributed by atoms with van der Waals surface area (Å²) in [5, 5.41) is 4.36. The molecule has 15 heavy (non-hydrogen) atoms. The van der Waals surface area contributed by atoms with Crippen molar-refractivity contribution in [3.63, 3.8) is 0 Å². The van der Waals surface area contributed by atoms with Crippen molar-refractivity contribution in [2.45, 2.75) is 13.3 Å². The summed E-state index contributed by atoms with van der Waals surface area (Å²) in [6.45, 7) is 2.64. The first kappa shape index (κ1) is 9.86. The quantitative estimate of drug-likeness (QED) is 0.810. The lowest BCUT2D eigenvalue weighted by Gasteiger charge is -2.03. The largest absolute Gasteiger partial charge is 0.330 e. The Morgan fingerprint density at radius 1 is 1.33 bits per heavy atom. The first-order valence-electron chi connectivity index (χ1n) is 4.98. The molecule has 78 valence electrons. The molecule has 2 rings (SSSR count). The van der Waals surface area contributed by atoms with Crippen LogP contribution in [-0.4, -0.2) is 21.3 Å². The molecule has 0 radical (unpaired) electrons. The monoisotopic (exact) mass is 202 g/mol. The molecule has 1 aromatic carbocycles. The van der Waals surface area contributed by atoms with Crippen molar-refractivity contribution in [3.8, 4) is 5.69 Å². The van der Waals surface area contributed by atoms with Gasteiger partial charge in [0.25, 0.3) is 0 Å². The summed E-state index contributed by atoms with van der Waals surface area (Å²) < 4.78 is 1.79. The molecule has 4 heteroatoms. The van der Waals surface area contributed by atoms with E-state index in [0.717, 1.165) is 17.9 Å². The predicted octanol–water partition coefficient (Wildman–Crippen LogP) is 1.08. The number of aromatic nitrogens is 3. The first-order chi connectivity index (χ1) is 7.31. The Morgan fingerprint density at radius 3 is 2.87 bits per heavy atom. The zero-order chi connectivity index (χ0) is 10.7. The second-order valence-corrected chi connectivity index (χ2v) is 3.43. The van der Waals surface area contributed by atoms with E-state index in [9.17, 15) is 0 Å². The van der Waals surface area contributed by atoms with Gasteiger partial charge in [0.15, 0.2) is 5.82 Å². The Bertz CT molecular complexity index is 447. The van der Waals surface area contributed by atoms with Crippen molar-refractivity contribution in [2.24, 2.45) is 5.73 Å². The van der Waals surface area contributed by atoms with Crippen LogP contribution in [0.5, 0.6) is 0 Å². The van der Waals surface area contributed by atoms with E-state index >= 15 is 0 Å². The number of hydrogen-bond acceptors (Lipinski definition) is 3. The minimum absolute atomic E-state index is 0.581. The minimum Gasteiger partial charge on any atom is -0.330 e. The van der Waals surface area contributed by atoms with E-state index in [1.807, 2.05) is 18.2 Å². The fraction of sp³-hybridized carbons (Fsp3) is 0.273. The molecule has 2 aromatic rings. The number of nitrogens with zero attached hydrogens (tertiary/aromatic N) is 3. The molecule has 0 saturated heterocycles. The van der Waals surface area contributed by atoms with Gasteiger partial charge in [0.1, 0.15) is 6.33 Å². The molecule has 0 saturated carbocycles. The molecule has 1 heterocycles. The predicted molar refractivity (Wildman–Crippen MR) is 58.9 cm³/mol. The molecular weight excluding hydrogens is 188 g/mol. The van der Waals surface area contributed by atoms with Crippen LogP contribution in [0.4, 0.5) is 0 Å². The topological polar surface area (TPSA) is 56.7 Å². The zero-order valence-electron chi connectivity index (χ0n) is 8.72. The third-order valence-corrected chi connectivity index (χ3v) is 2.27. The lowest BCUT2D eigenvalue weighted by atomic mass is 10.2. The number of hydrogen-bond donors (Lipinski definition) is 1. The van der Waals surface area contributed by atoms with Crippen molar-refractivity contribution in [2.75, 3.05) is 6.54 Å². The van der Waals surface area contributed by atoms with Crippen LogP contribution in [0, 0.1) is 6.92 Å². The highest BCUT2D eigenvalue weighted by Gasteiger charge is 2.03. The number of benzene rings is 1. The van der Waals surface area contributed by atoms with E-state index in [0.29, 0.717) is 6.54 Å². The van der Waals surface area contributed by atoms with Crippen molar-refractivity contribution in [3.05, 3.63) is 42.0 Å². The molecule has 0 amide bonds. The van der Waals surface area contributed by atoms with Crippen LogP contribution in [0.15, 0.2) is 30.6 Å². The first-order valence-corrected chi connectivity index (χ1v) is 4.98. The Balaban J connectivity index is 2.33. The summed E-state index contributed by atoms with van der Waals surface area (Å²) in [6, 6.07) is 8.08. The van der Waals surface area contributed by atoms with Gasteiger partial charge in [-0.3, -0.25) is 0 Å². The van der Waals surface area contributed by atoms with E-state index < -0.39 is 0 Å². The summed E-state index contributed by atoms with van der Waals surface area (Å²) in [5.41, 5.74) is 7.69. The zero-order valence-corrected chi connectivity index (χ0v) is 8.72. The SMILES string of the molecule is Cc1ccccc1-n1cnc(CCN)n1. The average molecular weight is 202 g/mol. The Labute approximate surface area is 88.8 Å². The van der Waals surface area contributed by atoms with Crippen LogP contribution in [0.1, 0.15) is 11.4 Å². The van der Waals surface area contributed by atoms with Gasteiger partial charge in [-0.15, -0.1) is 0 Å². The van der Waals surface area contributed by atoms with Gasteiger partial charge in [0, 0.05) is 6.42 Å². The molecule has 4 nitrogen and oxygen atoms in total. The van der Waals surface area contributed by atoms with Crippen molar-refractivity contribution in [1.82, 2.24) is 14.8 Å². The lowest BCUT2D eigenvalue weighted by molar-refractivity contribution is 0.813. The molecule has 0 atom stereocenters. The van der Waals surface area contributed by atoms with Gasteiger partial charge in [-0.25, -0.2) is 9.67 Å². The van der Waals surface area contributed by atoms with Crippen molar-refractivity contribution < 1.29 is 0 Å². The molecule has 0 fully saturated rings. The van der Waals surface area contributed by atoms with Crippen molar-refractivity contribution >= 4 is 0 Å². The average Bonchev–Trinajstić information content (AvgIpc) is 2.68. The van der Waals surface area contributed by atoms with E-state index in [-0.39, 0.29) is 0 Å². The minimum atomic E-state index is 0.581. The molecule has 0 aliphatic rings. The van der Waals surface area contributed by atoms with Crippen LogP contribution >= 0.6 is 0 Å². The fourth-order valence-electron chi connectivity index (χ4n) is 1.48. The van der Waals surface area contributed by atoms with Crippen LogP contribution in [-0.2, 0) is 6.42 Å². The number of nitrogens with two attached hydrogens (primary N) is 1. The fourth-order valence-corrected chi connectivity index (χ4v) is 1.48. The summed E-state index contributed by atoms with van der Waals surface area (Å²) in [5.74, 6) is 0.792. The normalized spacial score (nSPS) is 10.5. The van der Waals surface area contributed by atoms with E-state index in [1.165, 1.54) is 5.56 Å². The molecule has 0 unspecified atom stereocenters. The smallest absolute Gasteiger partial charge is 0.152 e. The molecule has 0 aliphatic carbocycles. The van der Waals surface area contributed by atoms with Crippen LogP contribution in [0.3, 0.4) is 0 Å². The van der Waals surface area contributed by atoms with Crippen LogP contribution in [0.2, 0.25) is 0 Å². The van der Waals surface area contributed by atoms with Crippen LogP contribution < -0.4 is 5.73 Å². The van der Waals surface area contributed by atoms with E-state index in [1.54, 1.807) is 11.0 Å². The summed E-state index contributed by atoms with van der Waals surface area (Å²) in [4.78, 5) is 4.20. The highest BCUT2D eigenvalue weighted by molar-refractivity contribution is 5.38. The number of para-hydroxylation sites is 1. The Morgan fingerprint density at radius 2 is 2.13 bits per heavy atom.